The Bertz CT molecular complexity index is 279. The van der Waals surface area contributed by atoms with E-state index >= 15 is 0 Å². The Balaban J connectivity index is 2.13. The molecule has 2 unspecified atom stereocenters. The number of hydrogen-bond acceptors (Lipinski definition) is 5. The van der Waals surface area contributed by atoms with E-state index in [1.54, 1.807) is 0 Å². The summed E-state index contributed by atoms with van der Waals surface area (Å²) in [4.78, 5) is 12.0. The first-order valence-corrected chi connectivity index (χ1v) is 6.09. The zero-order valence-electron chi connectivity index (χ0n) is 8.99. The average Bonchev–Trinajstić information content (AvgIpc) is 2.52. The van der Waals surface area contributed by atoms with Crippen LogP contribution in [0.5, 0.6) is 0 Å². The van der Waals surface area contributed by atoms with Gasteiger partial charge in [-0.2, -0.15) is 0 Å². The molecule has 0 amide bonds. The van der Waals surface area contributed by atoms with Crippen molar-refractivity contribution >= 4 is 17.8 Å². The molecule has 86 valence electrons. The molecule has 15 heavy (non-hydrogen) atoms. The van der Waals surface area contributed by atoms with Crippen molar-refractivity contribution in [2.24, 2.45) is 16.7 Å². The number of carbonyl (C=O) groups excluding carboxylic acids is 1. The number of Topliss-reactive ketones (excluding diaryl/α,β-unsaturated/α-hetero) is 1. The zero-order chi connectivity index (χ0) is 11.1. The van der Waals surface area contributed by atoms with Gasteiger partial charge in [-0.05, 0) is 24.2 Å². The Morgan fingerprint density at radius 3 is 2.80 bits per heavy atom. The summed E-state index contributed by atoms with van der Waals surface area (Å²) in [6.07, 6.45) is 2.76. The minimum atomic E-state index is -0.277. The van der Waals surface area contributed by atoms with Crippen molar-refractivity contribution in [3.8, 4) is 0 Å². The lowest BCUT2D eigenvalue weighted by Crippen LogP contribution is -2.38. The van der Waals surface area contributed by atoms with Gasteiger partial charge in [0.05, 0.1) is 0 Å². The highest BCUT2D eigenvalue weighted by Gasteiger charge is 2.63. The highest BCUT2D eigenvalue weighted by atomic mass is 32.2. The highest BCUT2D eigenvalue weighted by molar-refractivity contribution is 7.94. The van der Waals surface area contributed by atoms with Crippen molar-refractivity contribution in [2.75, 3.05) is 5.75 Å². The fourth-order valence-electron chi connectivity index (χ4n) is 3.25. The third-order valence-corrected chi connectivity index (χ3v) is 5.29. The van der Waals surface area contributed by atoms with Crippen LogP contribution in [0.3, 0.4) is 0 Å². The molecule has 5 heteroatoms. The summed E-state index contributed by atoms with van der Waals surface area (Å²) < 4.78 is 4.40. The molecule has 1 N–H and O–H groups in total. The van der Waals surface area contributed by atoms with Gasteiger partial charge < -0.3 is 0 Å². The Hall–Kier alpha value is -0.100. The van der Waals surface area contributed by atoms with Gasteiger partial charge in [0.15, 0.2) is 0 Å². The summed E-state index contributed by atoms with van der Waals surface area (Å²) in [5, 5.41) is 11.6. The standard InChI is InChI=1S/C10H16O4S/c1-9(2)7-3-4-10(9,8(11)5-7)6-15-14-13-12/h7,12H,3-6H2,1-2H3. The van der Waals surface area contributed by atoms with Gasteiger partial charge in [-0.15, -0.1) is 4.33 Å². The van der Waals surface area contributed by atoms with Gasteiger partial charge in [0.1, 0.15) is 5.78 Å². The van der Waals surface area contributed by atoms with E-state index in [-0.39, 0.29) is 10.8 Å². The van der Waals surface area contributed by atoms with Crippen LogP contribution in [0.15, 0.2) is 0 Å². The number of fused-ring (bicyclic) bond motifs is 2. The van der Waals surface area contributed by atoms with E-state index in [0.29, 0.717) is 23.9 Å². The van der Waals surface area contributed by atoms with E-state index in [4.69, 9.17) is 5.26 Å². The molecule has 0 saturated heterocycles. The first-order valence-electron chi connectivity index (χ1n) is 5.17. The van der Waals surface area contributed by atoms with Gasteiger partial charge in [0.2, 0.25) is 0 Å². The quantitative estimate of drug-likeness (QED) is 0.349. The lowest BCUT2D eigenvalue weighted by atomic mass is 9.70. The number of carbonyl (C=O) groups is 1. The highest BCUT2D eigenvalue weighted by Crippen LogP contribution is 2.64. The van der Waals surface area contributed by atoms with Gasteiger partial charge in [-0.1, -0.05) is 18.9 Å². The topological polar surface area (TPSA) is 55.8 Å². The third-order valence-electron chi connectivity index (χ3n) is 4.52. The Morgan fingerprint density at radius 1 is 1.60 bits per heavy atom. The van der Waals surface area contributed by atoms with Gasteiger partial charge >= 0.3 is 0 Å². The molecule has 0 spiro atoms. The van der Waals surface area contributed by atoms with Crippen LogP contribution in [-0.4, -0.2) is 16.8 Å². The lowest BCUT2D eigenvalue weighted by Gasteiger charge is -2.35. The molecule has 2 bridgehead atoms. The van der Waals surface area contributed by atoms with Crippen LogP contribution >= 0.6 is 12.0 Å². The summed E-state index contributed by atoms with van der Waals surface area (Å²) in [7, 11) is 0. The second-order valence-electron chi connectivity index (χ2n) is 5.07. The maximum absolute atomic E-state index is 12.0. The van der Waals surface area contributed by atoms with Crippen molar-refractivity contribution < 1.29 is 19.4 Å². The van der Waals surface area contributed by atoms with Gasteiger partial charge in [0, 0.05) is 29.6 Å². The molecule has 0 aromatic heterocycles. The maximum atomic E-state index is 12.0. The van der Waals surface area contributed by atoms with Crippen LogP contribution in [0, 0.1) is 16.7 Å². The Kier molecular flexibility index (Phi) is 2.83. The molecule has 0 aromatic rings. The van der Waals surface area contributed by atoms with Gasteiger partial charge in [-0.25, -0.2) is 5.26 Å². The molecule has 2 saturated carbocycles. The van der Waals surface area contributed by atoms with Crippen molar-refractivity contribution in [2.45, 2.75) is 33.1 Å². The smallest absolute Gasteiger partial charge is 0.140 e. The molecule has 0 heterocycles. The van der Waals surface area contributed by atoms with Gasteiger partial charge in [-0.3, -0.25) is 4.79 Å². The summed E-state index contributed by atoms with van der Waals surface area (Å²) in [6, 6.07) is 0. The second-order valence-corrected chi connectivity index (χ2v) is 5.73. The van der Waals surface area contributed by atoms with Crippen LogP contribution in [0.25, 0.3) is 0 Å². The number of rotatable bonds is 4. The Labute approximate surface area is 93.4 Å². The molecule has 0 radical (unpaired) electrons. The van der Waals surface area contributed by atoms with E-state index < -0.39 is 0 Å². The van der Waals surface area contributed by atoms with Crippen LogP contribution < -0.4 is 0 Å². The zero-order valence-corrected chi connectivity index (χ0v) is 9.80. The average molecular weight is 232 g/mol. The predicted octanol–water partition coefficient (Wildman–Crippen LogP) is 2.45. The molecule has 0 aromatic carbocycles. The summed E-state index contributed by atoms with van der Waals surface area (Å²) in [5.74, 6) is 1.43. The van der Waals surface area contributed by atoms with Crippen molar-refractivity contribution in [3.05, 3.63) is 0 Å². The Morgan fingerprint density at radius 2 is 2.33 bits per heavy atom. The lowest BCUT2D eigenvalue weighted by molar-refractivity contribution is -0.432. The van der Waals surface area contributed by atoms with Crippen molar-refractivity contribution in [1.29, 1.82) is 0 Å². The fraction of sp³-hybridized carbons (Fsp3) is 0.900. The van der Waals surface area contributed by atoms with Crippen molar-refractivity contribution in [1.82, 2.24) is 0 Å². The number of ketones is 1. The molecule has 4 nitrogen and oxygen atoms in total. The molecule has 2 aliphatic carbocycles. The summed E-state index contributed by atoms with van der Waals surface area (Å²) >= 11 is 1.01. The molecular formula is C10H16O4S. The van der Waals surface area contributed by atoms with E-state index in [0.717, 1.165) is 24.9 Å². The minimum absolute atomic E-state index is 0.0515. The van der Waals surface area contributed by atoms with E-state index in [2.05, 4.69) is 23.2 Å². The fourth-order valence-corrected chi connectivity index (χ4v) is 4.22. The first-order chi connectivity index (χ1) is 7.04. The molecule has 2 aliphatic rings. The van der Waals surface area contributed by atoms with Crippen LogP contribution in [0.4, 0.5) is 0 Å². The predicted molar refractivity (Wildman–Crippen MR) is 55.8 cm³/mol. The summed E-state index contributed by atoms with van der Waals surface area (Å²) in [6.45, 7) is 4.33. The maximum Gasteiger partial charge on any atom is 0.140 e. The molecule has 2 atom stereocenters. The molecular weight excluding hydrogens is 216 g/mol. The number of hydrogen-bond donors (Lipinski definition) is 1. The van der Waals surface area contributed by atoms with Crippen molar-refractivity contribution in [3.63, 3.8) is 0 Å². The normalized spacial score (nSPS) is 37.5. The van der Waals surface area contributed by atoms with Crippen LogP contribution in [0.1, 0.15) is 33.1 Å². The molecule has 2 fully saturated rings. The van der Waals surface area contributed by atoms with Crippen LogP contribution in [0.2, 0.25) is 0 Å². The van der Waals surface area contributed by atoms with Crippen LogP contribution in [-0.2, 0) is 14.2 Å². The monoisotopic (exact) mass is 232 g/mol. The first kappa shape index (κ1) is 11.4. The third kappa shape index (κ3) is 1.45. The largest absolute Gasteiger partial charge is 0.299 e. The summed E-state index contributed by atoms with van der Waals surface area (Å²) in [5.41, 5.74) is -0.225. The molecule has 0 aliphatic heterocycles. The van der Waals surface area contributed by atoms with Gasteiger partial charge in [0.25, 0.3) is 0 Å². The second kappa shape index (κ2) is 3.73. The van der Waals surface area contributed by atoms with E-state index in [9.17, 15) is 4.79 Å². The van der Waals surface area contributed by atoms with E-state index in [1.165, 1.54) is 0 Å². The van der Waals surface area contributed by atoms with E-state index in [1.807, 2.05) is 0 Å². The minimum Gasteiger partial charge on any atom is -0.299 e. The molecule has 2 rings (SSSR count). The SMILES string of the molecule is CC1(C)C2CCC1(CSOOO)C(=O)C2.